The molecular formula is C24H18ClF2N3O2. The van der Waals surface area contributed by atoms with Crippen molar-refractivity contribution in [1.82, 2.24) is 14.6 Å². The van der Waals surface area contributed by atoms with Crippen LogP contribution in [0.2, 0.25) is 5.02 Å². The second kappa shape index (κ2) is 8.07. The molecule has 1 aliphatic rings. The van der Waals surface area contributed by atoms with Gasteiger partial charge in [-0.05, 0) is 47.7 Å². The largest absolute Gasteiger partial charge is 0.378 e. The molecule has 32 heavy (non-hydrogen) atoms. The van der Waals surface area contributed by atoms with E-state index >= 15 is 0 Å². The van der Waals surface area contributed by atoms with Gasteiger partial charge in [-0.3, -0.25) is 4.79 Å². The van der Waals surface area contributed by atoms with Crippen molar-refractivity contribution in [3.63, 3.8) is 0 Å². The minimum absolute atomic E-state index is 0.132. The summed E-state index contributed by atoms with van der Waals surface area (Å²) in [5.41, 5.74) is 4.43. The van der Waals surface area contributed by atoms with E-state index in [9.17, 15) is 13.6 Å². The Morgan fingerprint density at radius 2 is 1.84 bits per heavy atom. The minimum atomic E-state index is -0.660. The summed E-state index contributed by atoms with van der Waals surface area (Å²) in [6, 6.07) is 10.7. The number of nitrogens with zero attached hydrogens (tertiary/aromatic N) is 3. The molecule has 2 aromatic carbocycles. The fourth-order valence-corrected chi connectivity index (χ4v) is 4.40. The van der Waals surface area contributed by atoms with Crippen LogP contribution in [-0.2, 0) is 17.8 Å². The van der Waals surface area contributed by atoms with Crippen molar-refractivity contribution in [2.75, 3.05) is 7.11 Å². The van der Waals surface area contributed by atoms with Gasteiger partial charge in [-0.1, -0.05) is 23.7 Å². The Morgan fingerprint density at radius 3 is 2.53 bits per heavy atom. The van der Waals surface area contributed by atoms with Gasteiger partial charge in [0.15, 0.2) is 11.4 Å². The summed E-state index contributed by atoms with van der Waals surface area (Å²) < 4.78 is 34.4. The first-order chi connectivity index (χ1) is 15.4. The third-order valence-corrected chi connectivity index (χ3v) is 5.95. The first kappa shape index (κ1) is 20.7. The predicted molar refractivity (Wildman–Crippen MR) is 116 cm³/mol. The van der Waals surface area contributed by atoms with Gasteiger partial charge in [-0.25, -0.2) is 18.3 Å². The van der Waals surface area contributed by atoms with Crippen LogP contribution in [-0.4, -0.2) is 27.5 Å². The molecule has 2 heterocycles. The van der Waals surface area contributed by atoms with Crippen LogP contribution < -0.4 is 0 Å². The maximum atomic E-state index is 13.8. The third-order valence-electron chi connectivity index (χ3n) is 5.70. The Balaban J connectivity index is 1.64. The van der Waals surface area contributed by atoms with E-state index in [-0.39, 0.29) is 24.7 Å². The molecule has 1 unspecified atom stereocenters. The number of Topliss-reactive ketones (excluding diaryl/α,β-unsaturated/α-hetero) is 1. The molecule has 0 saturated carbocycles. The maximum absolute atomic E-state index is 13.8. The molecule has 0 bridgehead atoms. The number of carbonyl (C=O) groups is 1. The van der Waals surface area contributed by atoms with Gasteiger partial charge in [0.2, 0.25) is 0 Å². The number of fused-ring (bicyclic) bond motifs is 2. The van der Waals surface area contributed by atoms with E-state index < -0.39 is 11.6 Å². The molecule has 0 fully saturated rings. The molecule has 4 aromatic rings. The number of benzene rings is 2. The number of carbonyl (C=O) groups excluding carboxylic acids is 1. The fraction of sp³-hybridized carbons (Fsp3) is 0.208. The van der Waals surface area contributed by atoms with Crippen LogP contribution in [0.5, 0.6) is 0 Å². The molecule has 162 valence electrons. The lowest BCUT2D eigenvalue weighted by Crippen LogP contribution is -2.21. The SMILES string of the molecule is COCc1nn2cc3c(nc2c1-c1ccc(Cl)cc1)CC(c1cc(F)cc(F)c1)CC3=O. The van der Waals surface area contributed by atoms with Crippen molar-refractivity contribution in [1.29, 1.82) is 0 Å². The maximum Gasteiger partial charge on any atom is 0.166 e. The van der Waals surface area contributed by atoms with Gasteiger partial charge in [0.25, 0.3) is 0 Å². The molecule has 0 spiro atoms. The number of halogens is 3. The van der Waals surface area contributed by atoms with Crippen molar-refractivity contribution in [3.05, 3.63) is 87.8 Å². The van der Waals surface area contributed by atoms with Crippen molar-refractivity contribution in [2.24, 2.45) is 0 Å². The summed E-state index contributed by atoms with van der Waals surface area (Å²) in [7, 11) is 1.58. The van der Waals surface area contributed by atoms with Crippen molar-refractivity contribution in [3.8, 4) is 11.1 Å². The Hall–Kier alpha value is -3.16. The zero-order chi connectivity index (χ0) is 22.4. The van der Waals surface area contributed by atoms with Gasteiger partial charge in [-0.15, -0.1) is 0 Å². The highest BCUT2D eigenvalue weighted by atomic mass is 35.5. The van der Waals surface area contributed by atoms with Crippen LogP contribution in [0.3, 0.4) is 0 Å². The highest BCUT2D eigenvalue weighted by Gasteiger charge is 2.30. The summed E-state index contributed by atoms with van der Waals surface area (Å²) in [6.45, 7) is 0.269. The highest BCUT2D eigenvalue weighted by Crippen LogP contribution is 2.35. The Kier molecular flexibility index (Phi) is 5.23. The van der Waals surface area contributed by atoms with Crippen LogP contribution in [0, 0.1) is 11.6 Å². The molecule has 1 aliphatic carbocycles. The van der Waals surface area contributed by atoms with E-state index in [2.05, 4.69) is 5.10 Å². The van der Waals surface area contributed by atoms with E-state index in [4.69, 9.17) is 21.3 Å². The van der Waals surface area contributed by atoms with Crippen molar-refractivity contribution < 1.29 is 18.3 Å². The first-order valence-corrected chi connectivity index (χ1v) is 10.5. The molecule has 0 radical (unpaired) electrons. The Morgan fingerprint density at radius 1 is 1.12 bits per heavy atom. The summed E-state index contributed by atoms with van der Waals surface area (Å²) in [5.74, 6) is -1.80. The normalized spacial score (nSPS) is 15.9. The summed E-state index contributed by atoms with van der Waals surface area (Å²) in [4.78, 5) is 17.7. The van der Waals surface area contributed by atoms with Gasteiger partial charge in [0.1, 0.15) is 11.6 Å². The number of ether oxygens (including phenoxy) is 1. The summed E-state index contributed by atoms with van der Waals surface area (Å²) >= 11 is 6.05. The summed E-state index contributed by atoms with van der Waals surface area (Å²) in [6.07, 6.45) is 2.23. The van der Waals surface area contributed by atoms with Crippen molar-refractivity contribution in [2.45, 2.75) is 25.4 Å². The number of hydrogen-bond acceptors (Lipinski definition) is 4. The molecule has 0 N–H and O–H groups in total. The van der Waals surface area contributed by atoms with E-state index in [0.29, 0.717) is 39.6 Å². The third kappa shape index (κ3) is 3.67. The van der Waals surface area contributed by atoms with Crippen LogP contribution >= 0.6 is 11.6 Å². The van der Waals surface area contributed by atoms with Gasteiger partial charge >= 0.3 is 0 Å². The van der Waals surface area contributed by atoms with E-state index in [1.165, 1.54) is 12.1 Å². The van der Waals surface area contributed by atoms with Gasteiger partial charge in [-0.2, -0.15) is 5.10 Å². The lowest BCUT2D eigenvalue weighted by Gasteiger charge is -2.23. The average molecular weight is 454 g/mol. The second-order valence-corrected chi connectivity index (χ2v) is 8.30. The first-order valence-electron chi connectivity index (χ1n) is 10.1. The quantitative estimate of drug-likeness (QED) is 0.416. The molecule has 2 aromatic heterocycles. The van der Waals surface area contributed by atoms with E-state index in [1.807, 2.05) is 12.1 Å². The lowest BCUT2D eigenvalue weighted by atomic mass is 9.82. The van der Waals surface area contributed by atoms with E-state index in [0.717, 1.165) is 17.2 Å². The number of aromatic nitrogens is 3. The van der Waals surface area contributed by atoms with E-state index in [1.54, 1.807) is 30.0 Å². The standard InChI is InChI=1S/C24H18ClF2N3O2/c1-32-12-21-23(13-2-4-16(25)5-3-13)24-28-20-8-15(14-6-17(26)10-18(27)7-14)9-22(31)19(20)11-30(24)29-21/h2-7,10-11,15H,8-9,12H2,1H3. The monoisotopic (exact) mass is 453 g/mol. The number of rotatable bonds is 4. The predicted octanol–water partition coefficient (Wildman–Crippen LogP) is 5.39. The Bertz CT molecular complexity index is 1330. The topological polar surface area (TPSA) is 56.5 Å². The van der Waals surface area contributed by atoms with Crippen LogP contribution in [0.1, 0.15) is 39.6 Å². The Labute approximate surface area is 187 Å². The zero-order valence-electron chi connectivity index (χ0n) is 17.1. The van der Waals surface area contributed by atoms with Crippen LogP contribution in [0.4, 0.5) is 8.78 Å². The molecule has 0 amide bonds. The van der Waals surface area contributed by atoms with Gasteiger partial charge in [0.05, 0.1) is 29.1 Å². The second-order valence-electron chi connectivity index (χ2n) is 7.86. The number of methoxy groups -OCH3 is 1. The molecule has 0 aliphatic heterocycles. The molecule has 5 rings (SSSR count). The van der Waals surface area contributed by atoms with Gasteiger partial charge < -0.3 is 4.74 Å². The molecular weight excluding hydrogens is 436 g/mol. The van der Waals surface area contributed by atoms with Crippen molar-refractivity contribution >= 4 is 23.0 Å². The average Bonchev–Trinajstić information content (AvgIpc) is 3.09. The smallest absolute Gasteiger partial charge is 0.166 e. The summed E-state index contributed by atoms with van der Waals surface area (Å²) in [5, 5.41) is 5.20. The molecule has 1 atom stereocenters. The van der Waals surface area contributed by atoms with Gasteiger partial charge in [0, 0.05) is 30.8 Å². The number of ketones is 1. The fourth-order valence-electron chi connectivity index (χ4n) is 4.28. The number of hydrogen-bond donors (Lipinski definition) is 0. The molecule has 8 heteroatoms. The van der Waals surface area contributed by atoms with Crippen LogP contribution in [0.15, 0.2) is 48.7 Å². The molecule has 5 nitrogen and oxygen atoms in total. The molecule has 0 saturated heterocycles. The van der Waals surface area contributed by atoms with Crippen LogP contribution in [0.25, 0.3) is 16.8 Å². The highest BCUT2D eigenvalue weighted by molar-refractivity contribution is 6.30. The minimum Gasteiger partial charge on any atom is -0.378 e. The zero-order valence-corrected chi connectivity index (χ0v) is 17.9. The lowest BCUT2D eigenvalue weighted by molar-refractivity contribution is 0.0962.